The van der Waals surface area contributed by atoms with Gasteiger partial charge in [-0.1, -0.05) is 18.2 Å². The molecule has 132 valence electrons. The quantitative estimate of drug-likeness (QED) is 0.613. The van der Waals surface area contributed by atoms with Crippen LogP contribution in [0.15, 0.2) is 41.3 Å². The van der Waals surface area contributed by atoms with Crippen molar-refractivity contribution >= 4 is 21.9 Å². The largest absolute Gasteiger partial charge is 0.480 e. The first-order chi connectivity index (χ1) is 11.2. The Balaban J connectivity index is 3.00. The van der Waals surface area contributed by atoms with Crippen molar-refractivity contribution in [3.63, 3.8) is 0 Å². The van der Waals surface area contributed by atoms with E-state index < -0.39 is 27.9 Å². The van der Waals surface area contributed by atoms with Crippen LogP contribution in [0.3, 0.4) is 0 Å². The minimum absolute atomic E-state index is 0.0517. The van der Waals surface area contributed by atoms with Crippen LogP contribution in [0, 0.1) is 0 Å². The van der Waals surface area contributed by atoms with Crippen molar-refractivity contribution in [3.8, 4) is 0 Å². The zero-order chi connectivity index (χ0) is 18.3. The molecule has 1 atom stereocenters. The maximum absolute atomic E-state index is 12.2. The predicted molar refractivity (Wildman–Crippen MR) is 90.2 cm³/mol. The van der Waals surface area contributed by atoms with E-state index in [9.17, 15) is 18.0 Å². The molecule has 24 heavy (non-hydrogen) atoms. The van der Waals surface area contributed by atoms with Gasteiger partial charge in [0.2, 0.25) is 10.0 Å². The van der Waals surface area contributed by atoms with E-state index in [-0.39, 0.29) is 22.9 Å². The molecule has 1 rings (SSSR count). The third-order valence-electron chi connectivity index (χ3n) is 3.01. The molecule has 0 aliphatic carbocycles. The Morgan fingerprint density at radius 2 is 1.96 bits per heavy atom. The third-order valence-corrected chi connectivity index (χ3v) is 4.66. The van der Waals surface area contributed by atoms with Crippen LogP contribution in [-0.4, -0.2) is 37.5 Å². The SMILES string of the molecule is C/C=C/CC(NC(=O)c1cccc(S(=O)(=O)NC(C)C)c1)C(=O)O. The number of amides is 1. The molecule has 0 aliphatic heterocycles. The lowest BCUT2D eigenvalue weighted by molar-refractivity contribution is -0.139. The minimum Gasteiger partial charge on any atom is -0.480 e. The third kappa shape index (κ3) is 5.78. The zero-order valence-corrected chi connectivity index (χ0v) is 14.6. The fourth-order valence-electron chi connectivity index (χ4n) is 1.92. The molecule has 1 aromatic rings. The van der Waals surface area contributed by atoms with Crippen molar-refractivity contribution in [3.05, 3.63) is 42.0 Å². The molecule has 1 amide bonds. The number of nitrogens with one attached hydrogen (secondary N) is 2. The summed E-state index contributed by atoms with van der Waals surface area (Å²) >= 11 is 0. The fraction of sp³-hybridized carbons (Fsp3) is 0.375. The van der Waals surface area contributed by atoms with Crippen LogP contribution in [0.25, 0.3) is 0 Å². The molecule has 0 heterocycles. The number of aliphatic carboxylic acids is 1. The highest BCUT2D eigenvalue weighted by Gasteiger charge is 2.21. The number of carboxylic acids is 1. The number of hydrogen-bond donors (Lipinski definition) is 3. The Morgan fingerprint density at radius 1 is 1.29 bits per heavy atom. The highest BCUT2D eigenvalue weighted by atomic mass is 32.2. The number of carboxylic acid groups (broad SMARTS) is 1. The summed E-state index contributed by atoms with van der Waals surface area (Å²) in [5.74, 6) is -1.81. The predicted octanol–water partition coefficient (Wildman–Crippen LogP) is 1.52. The van der Waals surface area contributed by atoms with E-state index in [2.05, 4.69) is 10.0 Å². The lowest BCUT2D eigenvalue weighted by Gasteiger charge is -2.14. The van der Waals surface area contributed by atoms with Crippen molar-refractivity contribution in [1.29, 1.82) is 0 Å². The lowest BCUT2D eigenvalue weighted by atomic mass is 10.1. The topological polar surface area (TPSA) is 113 Å². The molecule has 1 unspecified atom stereocenters. The van der Waals surface area contributed by atoms with Gasteiger partial charge in [0, 0.05) is 11.6 Å². The maximum atomic E-state index is 12.2. The van der Waals surface area contributed by atoms with Crippen LogP contribution >= 0.6 is 0 Å². The number of hydrogen-bond acceptors (Lipinski definition) is 4. The Kier molecular flexibility index (Phi) is 7.12. The van der Waals surface area contributed by atoms with Crippen LogP contribution in [0.2, 0.25) is 0 Å². The minimum atomic E-state index is -3.73. The Labute approximate surface area is 141 Å². The van der Waals surface area contributed by atoms with Gasteiger partial charge in [-0.15, -0.1) is 0 Å². The molecular formula is C16H22N2O5S. The van der Waals surface area contributed by atoms with Gasteiger partial charge in [-0.2, -0.15) is 0 Å². The summed E-state index contributed by atoms with van der Waals surface area (Å²) in [6, 6.07) is 4.08. The van der Waals surface area contributed by atoms with Gasteiger partial charge < -0.3 is 10.4 Å². The summed E-state index contributed by atoms with van der Waals surface area (Å²) in [4.78, 5) is 23.3. The van der Waals surface area contributed by atoms with E-state index in [1.165, 1.54) is 24.3 Å². The zero-order valence-electron chi connectivity index (χ0n) is 13.8. The molecule has 0 saturated heterocycles. The summed E-state index contributed by atoms with van der Waals surface area (Å²) in [7, 11) is -3.73. The second-order valence-electron chi connectivity index (χ2n) is 5.47. The number of carbonyl (C=O) groups excluding carboxylic acids is 1. The van der Waals surface area contributed by atoms with Gasteiger partial charge in [0.1, 0.15) is 6.04 Å². The average molecular weight is 354 g/mol. The fourth-order valence-corrected chi connectivity index (χ4v) is 3.21. The molecule has 7 nitrogen and oxygen atoms in total. The highest BCUT2D eigenvalue weighted by Crippen LogP contribution is 2.12. The van der Waals surface area contributed by atoms with Crippen molar-refractivity contribution < 1.29 is 23.1 Å². The molecular weight excluding hydrogens is 332 g/mol. The highest BCUT2D eigenvalue weighted by molar-refractivity contribution is 7.89. The van der Waals surface area contributed by atoms with Crippen LogP contribution in [-0.2, 0) is 14.8 Å². The molecule has 0 aromatic heterocycles. The van der Waals surface area contributed by atoms with Crippen LogP contribution in [0.1, 0.15) is 37.6 Å². The number of allylic oxidation sites excluding steroid dienone is 1. The molecule has 0 bridgehead atoms. The number of benzene rings is 1. The number of sulfonamides is 1. The van der Waals surface area contributed by atoms with E-state index in [1.807, 2.05) is 0 Å². The van der Waals surface area contributed by atoms with Gasteiger partial charge in [0.05, 0.1) is 4.90 Å². The van der Waals surface area contributed by atoms with Crippen molar-refractivity contribution in [1.82, 2.24) is 10.0 Å². The van der Waals surface area contributed by atoms with Crippen LogP contribution in [0.5, 0.6) is 0 Å². The van der Waals surface area contributed by atoms with Gasteiger partial charge >= 0.3 is 5.97 Å². The maximum Gasteiger partial charge on any atom is 0.326 e. The number of carbonyl (C=O) groups is 2. The van der Waals surface area contributed by atoms with E-state index in [0.29, 0.717) is 0 Å². The van der Waals surface area contributed by atoms with Gasteiger partial charge in [-0.25, -0.2) is 17.9 Å². The average Bonchev–Trinajstić information content (AvgIpc) is 2.49. The molecule has 0 radical (unpaired) electrons. The van der Waals surface area contributed by atoms with E-state index in [4.69, 9.17) is 5.11 Å². The van der Waals surface area contributed by atoms with Crippen molar-refractivity contribution in [2.24, 2.45) is 0 Å². The second-order valence-corrected chi connectivity index (χ2v) is 7.19. The summed E-state index contributed by atoms with van der Waals surface area (Å²) in [5, 5.41) is 11.5. The van der Waals surface area contributed by atoms with Crippen molar-refractivity contribution in [2.75, 3.05) is 0 Å². The number of rotatable bonds is 8. The molecule has 0 saturated carbocycles. The first kappa shape index (κ1) is 19.9. The molecule has 8 heteroatoms. The van der Waals surface area contributed by atoms with Gasteiger partial charge in [0.15, 0.2) is 0 Å². The van der Waals surface area contributed by atoms with E-state index in [0.717, 1.165) is 0 Å². The summed E-state index contributed by atoms with van der Waals surface area (Å²) in [6.45, 7) is 5.12. The monoisotopic (exact) mass is 354 g/mol. The Bertz CT molecular complexity index is 726. The van der Waals surface area contributed by atoms with E-state index >= 15 is 0 Å². The van der Waals surface area contributed by atoms with E-state index in [1.54, 1.807) is 32.9 Å². The van der Waals surface area contributed by atoms with Gasteiger partial charge in [0.25, 0.3) is 5.91 Å². The van der Waals surface area contributed by atoms with Crippen molar-refractivity contribution in [2.45, 2.75) is 44.2 Å². The summed E-state index contributed by atoms with van der Waals surface area (Å²) in [5.41, 5.74) is 0.0772. The standard InChI is InChI=1S/C16H22N2O5S/c1-4-5-9-14(16(20)21)17-15(19)12-7-6-8-13(10-12)24(22,23)18-11(2)3/h4-8,10-11,14,18H,9H2,1-3H3,(H,17,19)(H,20,21)/b5-4+. The summed E-state index contributed by atoms with van der Waals surface area (Å²) < 4.78 is 26.7. The molecule has 0 spiro atoms. The Morgan fingerprint density at radius 3 is 2.50 bits per heavy atom. The normalized spacial score (nSPS) is 13.2. The molecule has 0 fully saturated rings. The Hall–Kier alpha value is -2.19. The molecule has 1 aromatic carbocycles. The summed E-state index contributed by atoms with van der Waals surface area (Å²) in [6.07, 6.45) is 3.46. The van der Waals surface area contributed by atoms with Gasteiger partial charge in [-0.3, -0.25) is 4.79 Å². The first-order valence-corrected chi connectivity index (χ1v) is 8.93. The van der Waals surface area contributed by atoms with Crippen LogP contribution < -0.4 is 10.0 Å². The molecule has 3 N–H and O–H groups in total. The van der Waals surface area contributed by atoms with Crippen LogP contribution in [0.4, 0.5) is 0 Å². The smallest absolute Gasteiger partial charge is 0.326 e. The second kappa shape index (κ2) is 8.60. The molecule has 0 aliphatic rings. The van der Waals surface area contributed by atoms with Gasteiger partial charge in [-0.05, 0) is 45.4 Å². The lowest BCUT2D eigenvalue weighted by Crippen LogP contribution is -2.40. The first-order valence-electron chi connectivity index (χ1n) is 7.44.